The Morgan fingerprint density at radius 3 is 2.21 bits per heavy atom. The molecule has 1 N–H and O–H groups in total. The van der Waals surface area contributed by atoms with Crippen molar-refractivity contribution in [1.82, 2.24) is 0 Å². The van der Waals surface area contributed by atoms with Crippen LogP contribution in [0.15, 0.2) is 54.6 Å². The Balaban J connectivity index is 2.27. The van der Waals surface area contributed by atoms with E-state index in [2.05, 4.69) is 0 Å². The first kappa shape index (κ1) is 13.6. The second-order valence-electron chi connectivity index (χ2n) is 4.29. The molecule has 0 fully saturated rings. The summed E-state index contributed by atoms with van der Waals surface area (Å²) >= 11 is 0. The molecule has 0 aromatic heterocycles. The molecule has 2 unspecified atom stereocenters. The van der Waals surface area contributed by atoms with Crippen LogP contribution in [0.2, 0.25) is 0 Å². The van der Waals surface area contributed by atoms with Gasteiger partial charge in [-0.3, -0.25) is 0 Å². The molecule has 2 aromatic carbocycles. The number of aliphatic hydroxyl groups is 1. The first-order valence-corrected chi connectivity index (χ1v) is 6.16. The summed E-state index contributed by atoms with van der Waals surface area (Å²) in [6.45, 7) is 0. The maximum atomic E-state index is 10.5. The SMILES string of the molecule is COc1cccc(C(O)C(OC)c2ccccc2)c1. The van der Waals surface area contributed by atoms with Crippen molar-refractivity contribution in [3.8, 4) is 5.75 Å². The van der Waals surface area contributed by atoms with Crippen LogP contribution in [-0.4, -0.2) is 19.3 Å². The van der Waals surface area contributed by atoms with Gasteiger partial charge in [0.05, 0.1) is 7.11 Å². The van der Waals surface area contributed by atoms with E-state index in [0.717, 1.165) is 16.9 Å². The van der Waals surface area contributed by atoms with Crippen LogP contribution in [0.5, 0.6) is 5.75 Å². The van der Waals surface area contributed by atoms with Crippen LogP contribution in [0.1, 0.15) is 23.3 Å². The van der Waals surface area contributed by atoms with E-state index in [0.29, 0.717) is 0 Å². The Hall–Kier alpha value is -1.84. The van der Waals surface area contributed by atoms with Crippen LogP contribution in [0.25, 0.3) is 0 Å². The second-order valence-corrected chi connectivity index (χ2v) is 4.29. The Kier molecular flexibility index (Phi) is 4.55. The molecule has 0 saturated heterocycles. The fourth-order valence-electron chi connectivity index (χ4n) is 2.09. The van der Waals surface area contributed by atoms with E-state index in [1.807, 2.05) is 54.6 Å². The van der Waals surface area contributed by atoms with E-state index in [9.17, 15) is 5.11 Å². The molecule has 0 heterocycles. The lowest BCUT2D eigenvalue weighted by Gasteiger charge is -2.22. The van der Waals surface area contributed by atoms with Gasteiger partial charge >= 0.3 is 0 Å². The lowest BCUT2D eigenvalue weighted by Crippen LogP contribution is -2.13. The van der Waals surface area contributed by atoms with Crippen LogP contribution >= 0.6 is 0 Å². The third-order valence-electron chi connectivity index (χ3n) is 3.10. The zero-order valence-corrected chi connectivity index (χ0v) is 11.1. The topological polar surface area (TPSA) is 38.7 Å². The quantitative estimate of drug-likeness (QED) is 0.895. The van der Waals surface area contributed by atoms with Crippen LogP contribution in [0, 0.1) is 0 Å². The highest BCUT2D eigenvalue weighted by Crippen LogP contribution is 2.32. The van der Waals surface area contributed by atoms with Gasteiger partial charge < -0.3 is 14.6 Å². The normalized spacial score (nSPS) is 13.8. The summed E-state index contributed by atoms with van der Waals surface area (Å²) in [5.74, 6) is 0.722. The summed E-state index contributed by atoms with van der Waals surface area (Å²) in [7, 11) is 3.21. The number of ether oxygens (including phenoxy) is 2. The minimum atomic E-state index is -0.734. The standard InChI is InChI=1S/C16H18O3/c1-18-14-10-6-9-13(11-14)15(17)16(19-2)12-7-4-3-5-8-12/h3-11,15-17H,1-2H3. The Bertz CT molecular complexity index is 510. The van der Waals surface area contributed by atoms with Crippen LogP contribution in [-0.2, 0) is 4.74 Å². The first-order chi connectivity index (χ1) is 9.26. The van der Waals surface area contributed by atoms with Gasteiger partial charge in [-0.15, -0.1) is 0 Å². The van der Waals surface area contributed by atoms with Gasteiger partial charge in [0, 0.05) is 7.11 Å². The lowest BCUT2D eigenvalue weighted by atomic mass is 9.98. The van der Waals surface area contributed by atoms with Gasteiger partial charge in [0.25, 0.3) is 0 Å². The number of methoxy groups -OCH3 is 2. The number of aliphatic hydroxyl groups excluding tert-OH is 1. The Morgan fingerprint density at radius 2 is 1.58 bits per heavy atom. The van der Waals surface area contributed by atoms with E-state index in [1.165, 1.54) is 0 Å². The van der Waals surface area contributed by atoms with Crippen molar-refractivity contribution >= 4 is 0 Å². The largest absolute Gasteiger partial charge is 0.497 e. The first-order valence-electron chi connectivity index (χ1n) is 6.16. The number of hydrogen-bond acceptors (Lipinski definition) is 3. The predicted molar refractivity (Wildman–Crippen MR) is 74.1 cm³/mol. The van der Waals surface area contributed by atoms with Gasteiger partial charge in [0.1, 0.15) is 18.0 Å². The summed E-state index contributed by atoms with van der Waals surface area (Å²) in [4.78, 5) is 0. The fraction of sp³-hybridized carbons (Fsp3) is 0.250. The highest BCUT2D eigenvalue weighted by molar-refractivity contribution is 5.32. The molecule has 0 amide bonds. The summed E-state index contributed by atoms with van der Waals surface area (Å²) in [6.07, 6.45) is -1.13. The zero-order valence-electron chi connectivity index (χ0n) is 11.1. The van der Waals surface area contributed by atoms with Crippen molar-refractivity contribution < 1.29 is 14.6 Å². The molecule has 2 atom stereocenters. The molecule has 0 bridgehead atoms. The van der Waals surface area contributed by atoms with Gasteiger partial charge in [-0.25, -0.2) is 0 Å². The lowest BCUT2D eigenvalue weighted by molar-refractivity contribution is -0.0150. The maximum Gasteiger partial charge on any atom is 0.119 e. The number of benzene rings is 2. The summed E-state index contributed by atoms with van der Waals surface area (Å²) in [6, 6.07) is 17.1. The van der Waals surface area contributed by atoms with E-state index < -0.39 is 12.2 Å². The van der Waals surface area contributed by atoms with Gasteiger partial charge in [0.2, 0.25) is 0 Å². The smallest absolute Gasteiger partial charge is 0.119 e. The third-order valence-corrected chi connectivity index (χ3v) is 3.10. The molecule has 19 heavy (non-hydrogen) atoms. The predicted octanol–water partition coefficient (Wildman–Crippen LogP) is 3.12. The van der Waals surface area contributed by atoms with E-state index in [1.54, 1.807) is 14.2 Å². The average molecular weight is 258 g/mol. The van der Waals surface area contributed by atoms with Gasteiger partial charge in [-0.1, -0.05) is 42.5 Å². The third kappa shape index (κ3) is 3.13. The molecule has 2 aromatic rings. The van der Waals surface area contributed by atoms with Crippen LogP contribution < -0.4 is 4.74 Å². The average Bonchev–Trinajstić information content (AvgIpc) is 2.49. The summed E-state index contributed by atoms with van der Waals surface area (Å²) in [5, 5.41) is 10.5. The Morgan fingerprint density at radius 1 is 0.895 bits per heavy atom. The van der Waals surface area contributed by atoms with E-state index >= 15 is 0 Å². The molecule has 3 nitrogen and oxygen atoms in total. The molecule has 3 heteroatoms. The highest BCUT2D eigenvalue weighted by Gasteiger charge is 2.22. The minimum absolute atomic E-state index is 0.395. The minimum Gasteiger partial charge on any atom is -0.497 e. The molecular formula is C16H18O3. The van der Waals surface area contributed by atoms with Crippen molar-refractivity contribution in [2.24, 2.45) is 0 Å². The molecule has 2 rings (SSSR count). The van der Waals surface area contributed by atoms with Crippen molar-refractivity contribution in [1.29, 1.82) is 0 Å². The molecule has 0 aliphatic rings. The fourth-order valence-corrected chi connectivity index (χ4v) is 2.09. The van der Waals surface area contributed by atoms with Crippen molar-refractivity contribution in [3.63, 3.8) is 0 Å². The summed E-state index contributed by atoms with van der Waals surface area (Å²) in [5.41, 5.74) is 1.72. The molecule has 100 valence electrons. The van der Waals surface area contributed by atoms with Crippen molar-refractivity contribution in [3.05, 3.63) is 65.7 Å². The highest BCUT2D eigenvalue weighted by atomic mass is 16.5. The van der Waals surface area contributed by atoms with Gasteiger partial charge in [0.15, 0.2) is 0 Å². The maximum absolute atomic E-state index is 10.5. The molecule has 0 saturated carbocycles. The van der Waals surface area contributed by atoms with Crippen LogP contribution in [0.4, 0.5) is 0 Å². The molecular weight excluding hydrogens is 240 g/mol. The molecule has 0 aliphatic carbocycles. The van der Waals surface area contributed by atoms with Crippen LogP contribution in [0.3, 0.4) is 0 Å². The molecule has 0 radical (unpaired) electrons. The van der Waals surface area contributed by atoms with Gasteiger partial charge in [-0.05, 0) is 23.3 Å². The van der Waals surface area contributed by atoms with E-state index in [4.69, 9.17) is 9.47 Å². The monoisotopic (exact) mass is 258 g/mol. The van der Waals surface area contributed by atoms with Gasteiger partial charge in [-0.2, -0.15) is 0 Å². The molecule has 0 spiro atoms. The van der Waals surface area contributed by atoms with Crippen molar-refractivity contribution in [2.45, 2.75) is 12.2 Å². The number of rotatable bonds is 5. The Labute approximate surface area is 113 Å². The summed E-state index contributed by atoms with van der Waals surface area (Å²) < 4.78 is 10.6. The van der Waals surface area contributed by atoms with Crippen molar-refractivity contribution in [2.75, 3.05) is 14.2 Å². The van der Waals surface area contributed by atoms with E-state index in [-0.39, 0.29) is 0 Å². The second kappa shape index (κ2) is 6.36. The zero-order chi connectivity index (χ0) is 13.7. The molecule has 0 aliphatic heterocycles. The number of hydrogen-bond donors (Lipinski definition) is 1.